The summed E-state index contributed by atoms with van der Waals surface area (Å²) in [5.41, 5.74) is 6.60. The van der Waals surface area contributed by atoms with Crippen molar-refractivity contribution in [2.75, 3.05) is 13.7 Å². The van der Waals surface area contributed by atoms with Crippen LogP contribution in [0.3, 0.4) is 0 Å². The Morgan fingerprint density at radius 1 is 1.40 bits per heavy atom. The van der Waals surface area contributed by atoms with Crippen LogP contribution >= 0.6 is 12.4 Å². The molecule has 4 heteroatoms. The number of carbonyl (C=O) groups excluding carboxylic acids is 1. The second kappa shape index (κ2) is 7.26. The summed E-state index contributed by atoms with van der Waals surface area (Å²) < 4.78 is 4.66. The number of methoxy groups -OCH3 is 1. The normalized spacial score (nSPS) is 11.3. The molecule has 0 heterocycles. The third-order valence-corrected chi connectivity index (χ3v) is 2.14. The molecule has 1 unspecified atom stereocenters. The average molecular weight is 230 g/mol. The van der Waals surface area contributed by atoms with Crippen LogP contribution in [-0.2, 0) is 16.0 Å². The van der Waals surface area contributed by atoms with Crippen LogP contribution in [0.5, 0.6) is 0 Å². The standard InChI is InChI=1S/C11H15NO2.ClH/c1-14-11(13)10(8-12)7-9-5-3-2-4-6-9;/h2-6,10H,7-8,12H2,1H3;1H. The monoisotopic (exact) mass is 229 g/mol. The number of hydrogen-bond donors (Lipinski definition) is 1. The van der Waals surface area contributed by atoms with Crippen molar-refractivity contribution in [3.8, 4) is 0 Å². The molecule has 0 aromatic heterocycles. The molecule has 0 fully saturated rings. The van der Waals surface area contributed by atoms with Crippen molar-refractivity contribution < 1.29 is 9.53 Å². The van der Waals surface area contributed by atoms with Crippen molar-refractivity contribution in [3.05, 3.63) is 35.9 Å². The summed E-state index contributed by atoms with van der Waals surface area (Å²) in [5, 5.41) is 0. The zero-order valence-corrected chi connectivity index (χ0v) is 9.50. The predicted molar refractivity (Wildman–Crippen MR) is 62.0 cm³/mol. The zero-order chi connectivity index (χ0) is 10.4. The summed E-state index contributed by atoms with van der Waals surface area (Å²) in [6, 6.07) is 9.79. The number of carbonyl (C=O) groups is 1. The fourth-order valence-corrected chi connectivity index (χ4v) is 1.33. The lowest BCUT2D eigenvalue weighted by molar-refractivity contribution is -0.145. The van der Waals surface area contributed by atoms with E-state index < -0.39 is 0 Å². The van der Waals surface area contributed by atoms with Gasteiger partial charge in [0.25, 0.3) is 0 Å². The molecule has 2 N–H and O–H groups in total. The lowest BCUT2D eigenvalue weighted by atomic mass is 10.00. The van der Waals surface area contributed by atoms with Crippen LogP contribution in [0.1, 0.15) is 5.56 Å². The highest BCUT2D eigenvalue weighted by Gasteiger charge is 2.17. The highest BCUT2D eigenvalue weighted by molar-refractivity contribution is 5.85. The van der Waals surface area contributed by atoms with Gasteiger partial charge >= 0.3 is 5.97 Å². The Bertz CT molecular complexity index is 290. The summed E-state index contributed by atoms with van der Waals surface area (Å²) in [4.78, 5) is 11.2. The summed E-state index contributed by atoms with van der Waals surface area (Å²) in [6.45, 7) is 0.321. The van der Waals surface area contributed by atoms with Crippen molar-refractivity contribution in [3.63, 3.8) is 0 Å². The fourth-order valence-electron chi connectivity index (χ4n) is 1.33. The predicted octanol–water partition coefficient (Wildman–Crippen LogP) is 1.40. The minimum atomic E-state index is -0.239. The quantitative estimate of drug-likeness (QED) is 0.795. The van der Waals surface area contributed by atoms with Gasteiger partial charge in [0.05, 0.1) is 13.0 Å². The van der Waals surface area contributed by atoms with Gasteiger partial charge in [-0.05, 0) is 12.0 Å². The van der Waals surface area contributed by atoms with E-state index in [9.17, 15) is 4.79 Å². The van der Waals surface area contributed by atoms with E-state index in [4.69, 9.17) is 5.73 Å². The maximum absolute atomic E-state index is 11.2. The smallest absolute Gasteiger partial charge is 0.310 e. The van der Waals surface area contributed by atoms with Crippen molar-refractivity contribution in [1.82, 2.24) is 0 Å². The van der Waals surface area contributed by atoms with E-state index in [1.807, 2.05) is 30.3 Å². The van der Waals surface area contributed by atoms with E-state index in [-0.39, 0.29) is 24.3 Å². The van der Waals surface area contributed by atoms with Crippen LogP contribution in [-0.4, -0.2) is 19.6 Å². The molecule has 84 valence electrons. The van der Waals surface area contributed by atoms with Gasteiger partial charge < -0.3 is 10.5 Å². The maximum Gasteiger partial charge on any atom is 0.310 e. The highest BCUT2D eigenvalue weighted by Crippen LogP contribution is 2.08. The molecule has 15 heavy (non-hydrogen) atoms. The molecule has 0 aliphatic carbocycles. The summed E-state index contributed by atoms with van der Waals surface area (Å²) in [6.07, 6.45) is 0.643. The maximum atomic E-state index is 11.2. The molecule has 0 aliphatic heterocycles. The molecule has 3 nitrogen and oxygen atoms in total. The topological polar surface area (TPSA) is 52.3 Å². The van der Waals surface area contributed by atoms with Crippen LogP contribution < -0.4 is 5.73 Å². The Morgan fingerprint density at radius 2 is 2.00 bits per heavy atom. The van der Waals surface area contributed by atoms with E-state index in [0.29, 0.717) is 13.0 Å². The molecule has 0 spiro atoms. The van der Waals surface area contributed by atoms with E-state index >= 15 is 0 Å². The van der Waals surface area contributed by atoms with Crippen molar-refractivity contribution >= 4 is 18.4 Å². The van der Waals surface area contributed by atoms with Gasteiger partial charge in [0.2, 0.25) is 0 Å². The lowest BCUT2D eigenvalue weighted by Crippen LogP contribution is -2.26. The summed E-state index contributed by atoms with van der Waals surface area (Å²) in [7, 11) is 1.38. The highest BCUT2D eigenvalue weighted by atomic mass is 35.5. The first-order valence-electron chi connectivity index (χ1n) is 4.59. The first-order chi connectivity index (χ1) is 6.77. The molecular formula is C11H16ClNO2. The molecule has 1 aromatic rings. The number of benzene rings is 1. The third kappa shape index (κ3) is 4.32. The molecule has 0 radical (unpaired) electrons. The Morgan fingerprint density at radius 3 is 2.47 bits per heavy atom. The van der Waals surface area contributed by atoms with Crippen LogP contribution in [0.25, 0.3) is 0 Å². The van der Waals surface area contributed by atoms with Gasteiger partial charge in [-0.1, -0.05) is 30.3 Å². The first-order valence-corrected chi connectivity index (χ1v) is 4.59. The van der Waals surface area contributed by atoms with E-state index in [0.717, 1.165) is 5.56 Å². The van der Waals surface area contributed by atoms with Crippen molar-refractivity contribution in [1.29, 1.82) is 0 Å². The molecule has 1 aromatic carbocycles. The van der Waals surface area contributed by atoms with Gasteiger partial charge in [-0.3, -0.25) is 4.79 Å². The van der Waals surface area contributed by atoms with E-state index in [1.54, 1.807) is 0 Å². The molecule has 0 saturated heterocycles. The number of halogens is 1. The SMILES string of the molecule is COC(=O)C(CN)Cc1ccccc1.Cl. The molecule has 0 amide bonds. The van der Waals surface area contributed by atoms with Gasteiger partial charge in [0.15, 0.2) is 0 Å². The van der Waals surface area contributed by atoms with Gasteiger partial charge in [0, 0.05) is 6.54 Å². The van der Waals surface area contributed by atoms with Gasteiger partial charge in [-0.15, -0.1) is 12.4 Å². The average Bonchev–Trinajstić information content (AvgIpc) is 2.26. The fraction of sp³-hybridized carbons (Fsp3) is 0.364. The summed E-state index contributed by atoms with van der Waals surface area (Å²) >= 11 is 0. The van der Waals surface area contributed by atoms with Gasteiger partial charge in [-0.2, -0.15) is 0 Å². The Hall–Kier alpha value is -1.06. The minimum Gasteiger partial charge on any atom is -0.469 e. The molecular weight excluding hydrogens is 214 g/mol. The third-order valence-electron chi connectivity index (χ3n) is 2.14. The van der Waals surface area contributed by atoms with Crippen LogP contribution in [0.15, 0.2) is 30.3 Å². The largest absolute Gasteiger partial charge is 0.469 e. The van der Waals surface area contributed by atoms with Crippen LogP contribution in [0.4, 0.5) is 0 Å². The Kier molecular flexibility index (Phi) is 6.75. The van der Waals surface area contributed by atoms with Crippen LogP contribution in [0, 0.1) is 5.92 Å². The van der Waals surface area contributed by atoms with Crippen LogP contribution in [0.2, 0.25) is 0 Å². The zero-order valence-electron chi connectivity index (χ0n) is 8.68. The number of nitrogens with two attached hydrogens (primary N) is 1. The van der Waals surface area contributed by atoms with E-state index in [2.05, 4.69) is 4.74 Å². The minimum absolute atomic E-state index is 0. The first kappa shape index (κ1) is 13.9. The second-order valence-electron chi connectivity index (χ2n) is 3.15. The number of rotatable bonds is 4. The molecule has 0 saturated carbocycles. The van der Waals surface area contributed by atoms with E-state index in [1.165, 1.54) is 7.11 Å². The molecule has 0 bridgehead atoms. The molecule has 1 rings (SSSR count). The van der Waals surface area contributed by atoms with Crippen molar-refractivity contribution in [2.45, 2.75) is 6.42 Å². The van der Waals surface area contributed by atoms with Gasteiger partial charge in [0.1, 0.15) is 0 Å². The second-order valence-corrected chi connectivity index (χ2v) is 3.15. The van der Waals surface area contributed by atoms with Crippen molar-refractivity contribution in [2.24, 2.45) is 11.7 Å². The molecule has 1 atom stereocenters. The Balaban J connectivity index is 0.00000196. The lowest BCUT2D eigenvalue weighted by Gasteiger charge is -2.11. The molecule has 0 aliphatic rings. The Labute approximate surface area is 96.0 Å². The number of ether oxygens (including phenoxy) is 1. The number of esters is 1. The summed E-state index contributed by atoms with van der Waals surface area (Å²) in [5.74, 6) is -0.473. The number of hydrogen-bond acceptors (Lipinski definition) is 3. The van der Waals surface area contributed by atoms with Gasteiger partial charge in [-0.25, -0.2) is 0 Å².